The quantitative estimate of drug-likeness (QED) is 0.901. The van der Waals surface area contributed by atoms with E-state index in [4.69, 9.17) is 5.73 Å². The van der Waals surface area contributed by atoms with E-state index in [0.717, 1.165) is 12.2 Å². The lowest BCUT2D eigenvalue weighted by atomic mass is 9.88. The number of aryl methyl sites for hydroxylation is 2. The van der Waals surface area contributed by atoms with Gasteiger partial charge in [0.25, 0.3) is 0 Å². The Kier molecular flexibility index (Phi) is 3.48. The maximum absolute atomic E-state index is 13.7. The number of benzene rings is 1. The molecule has 96 valence electrons. The third-order valence-electron chi connectivity index (χ3n) is 3.28. The van der Waals surface area contributed by atoms with Gasteiger partial charge in [0.05, 0.1) is 0 Å². The van der Waals surface area contributed by atoms with Gasteiger partial charge >= 0.3 is 0 Å². The molecule has 1 aromatic heterocycles. The second-order valence-corrected chi connectivity index (χ2v) is 4.85. The van der Waals surface area contributed by atoms with E-state index in [1.165, 1.54) is 6.07 Å². The third kappa shape index (κ3) is 2.59. The molecule has 1 unspecified atom stereocenters. The van der Waals surface area contributed by atoms with Crippen molar-refractivity contribution in [2.75, 3.05) is 0 Å². The molecule has 0 aliphatic heterocycles. The number of nitrogens with two attached hydrogens (primary N) is 1. The first-order chi connectivity index (χ1) is 8.50. The van der Waals surface area contributed by atoms with Crippen LogP contribution in [0.5, 0.6) is 0 Å². The zero-order chi connectivity index (χ0) is 13.2. The van der Waals surface area contributed by atoms with Crippen molar-refractivity contribution in [3.05, 3.63) is 53.9 Å². The summed E-state index contributed by atoms with van der Waals surface area (Å²) >= 11 is 0. The summed E-state index contributed by atoms with van der Waals surface area (Å²) in [6, 6.07) is 6.67. The Hall–Kier alpha value is -1.68. The predicted octanol–water partition coefficient (Wildman–Crippen LogP) is 2.37. The first kappa shape index (κ1) is 12.8. The molecule has 1 heterocycles. The highest BCUT2D eigenvalue weighted by Crippen LogP contribution is 2.25. The number of aromatic nitrogens is 2. The number of halogens is 1. The molecule has 4 heteroatoms. The highest BCUT2D eigenvalue weighted by Gasteiger charge is 2.24. The normalized spacial score (nSPS) is 14.4. The molecule has 0 saturated carbocycles. The molecule has 18 heavy (non-hydrogen) atoms. The monoisotopic (exact) mass is 247 g/mol. The van der Waals surface area contributed by atoms with Gasteiger partial charge in [-0.05, 0) is 19.4 Å². The highest BCUT2D eigenvalue weighted by atomic mass is 19.1. The lowest BCUT2D eigenvalue weighted by molar-refractivity contribution is 0.421. The molecule has 2 rings (SSSR count). The number of hydrogen-bond acceptors (Lipinski definition) is 2. The summed E-state index contributed by atoms with van der Waals surface area (Å²) in [5.41, 5.74) is 6.10. The zero-order valence-electron chi connectivity index (χ0n) is 10.7. The van der Waals surface area contributed by atoms with Crippen molar-refractivity contribution < 1.29 is 4.39 Å². The smallest absolute Gasteiger partial charge is 0.128 e. The molecule has 1 aromatic carbocycles. The summed E-state index contributed by atoms with van der Waals surface area (Å²) in [5, 5.41) is 0. The van der Waals surface area contributed by atoms with Crippen molar-refractivity contribution in [1.82, 2.24) is 9.55 Å². The molecule has 3 nitrogen and oxygen atoms in total. The summed E-state index contributed by atoms with van der Waals surface area (Å²) in [7, 11) is 1.94. The Balaban J connectivity index is 2.13. The Labute approximate surface area is 106 Å². The number of hydrogen-bond donors (Lipinski definition) is 1. The summed E-state index contributed by atoms with van der Waals surface area (Å²) < 4.78 is 15.7. The van der Waals surface area contributed by atoms with Crippen LogP contribution >= 0.6 is 0 Å². The number of imidazole rings is 1. The molecule has 2 aromatic rings. The van der Waals surface area contributed by atoms with Crippen LogP contribution in [0.3, 0.4) is 0 Å². The Morgan fingerprint density at radius 3 is 2.72 bits per heavy atom. The largest absolute Gasteiger partial charge is 0.338 e. The van der Waals surface area contributed by atoms with Gasteiger partial charge in [0, 0.05) is 37.0 Å². The van der Waals surface area contributed by atoms with Gasteiger partial charge in [-0.3, -0.25) is 0 Å². The lowest BCUT2D eigenvalue weighted by Crippen LogP contribution is -2.34. The van der Waals surface area contributed by atoms with Crippen LogP contribution in [0, 0.1) is 5.82 Å². The van der Waals surface area contributed by atoms with Crippen molar-refractivity contribution in [2.45, 2.75) is 25.3 Å². The van der Waals surface area contributed by atoms with Crippen molar-refractivity contribution in [3.8, 4) is 0 Å². The molecule has 0 bridgehead atoms. The van der Waals surface area contributed by atoms with Crippen LogP contribution in [0.1, 0.15) is 24.7 Å². The van der Waals surface area contributed by atoms with Crippen molar-refractivity contribution in [2.24, 2.45) is 12.8 Å². The van der Waals surface area contributed by atoms with Crippen molar-refractivity contribution in [3.63, 3.8) is 0 Å². The third-order valence-corrected chi connectivity index (χ3v) is 3.28. The molecule has 0 amide bonds. The summed E-state index contributed by atoms with van der Waals surface area (Å²) in [5.74, 6) is 0.713. The summed E-state index contributed by atoms with van der Waals surface area (Å²) in [4.78, 5) is 4.25. The molecule has 0 aliphatic carbocycles. The molecule has 0 saturated heterocycles. The minimum Gasteiger partial charge on any atom is -0.338 e. The fraction of sp³-hybridized carbons (Fsp3) is 0.357. The van der Waals surface area contributed by atoms with Gasteiger partial charge in [-0.1, -0.05) is 18.2 Å². The van der Waals surface area contributed by atoms with Crippen LogP contribution in [-0.4, -0.2) is 9.55 Å². The maximum Gasteiger partial charge on any atom is 0.128 e. The summed E-state index contributed by atoms with van der Waals surface area (Å²) in [6.07, 6.45) is 5.03. The Bertz CT molecular complexity index is 531. The fourth-order valence-electron chi connectivity index (χ4n) is 2.07. The van der Waals surface area contributed by atoms with Gasteiger partial charge in [0.1, 0.15) is 11.6 Å². The van der Waals surface area contributed by atoms with Crippen LogP contribution in [0.2, 0.25) is 0 Å². The van der Waals surface area contributed by atoms with Crippen LogP contribution < -0.4 is 5.73 Å². The Morgan fingerprint density at radius 1 is 1.39 bits per heavy atom. The van der Waals surface area contributed by atoms with E-state index in [2.05, 4.69) is 4.98 Å². The molecule has 2 N–H and O–H groups in total. The van der Waals surface area contributed by atoms with Crippen LogP contribution in [0.4, 0.5) is 4.39 Å². The lowest BCUT2D eigenvalue weighted by Gasteiger charge is -2.25. The standard InChI is InChI=1S/C14H18FN3/c1-14(16,11-5-3-4-6-12(11)15)8-7-13-17-9-10-18(13)2/h3-6,9-10H,7-8,16H2,1-2H3. The summed E-state index contributed by atoms with van der Waals surface area (Å²) in [6.45, 7) is 1.86. The molecular weight excluding hydrogens is 229 g/mol. The van der Waals surface area contributed by atoms with E-state index in [1.54, 1.807) is 18.3 Å². The van der Waals surface area contributed by atoms with Crippen molar-refractivity contribution in [1.29, 1.82) is 0 Å². The average Bonchev–Trinajstić information content (AvgIpc) is 2.73. The van der Waals surface area contributed by atoms with E-state index >= 15 is 0 Å². The SMILES string of the molecule is Cn1ccnc1CCC(C)(N)c1ccccc1F. The first-order valence-electron chi connectivity index (χ1n) is 6.01. The molecule has 0 fully saturated rings. The van der Waals surface area contributed by atoms with E-state index in [9.17, 15) is 4.39 Å². The second kappa shape index (κ2) is 4.90. The zero-order valence-corrected chi connectivity index (χ0v) is 10.7. The van der Waals surface area contributed by atoms with E-state index < -0.39 is 5.54 Å². The van der Waals surface area contributed by atoms with E-state index in [-0.39, 0.29) is 5.82 Å². The van der Waals surface area contributed by atoms with Crippen LogP contribution in [0.25, 0.3) is 0 Å². The van der Waals surface area contributed by atoms with Gasteiger partial charge in [-0.15, -0.1) is 0 Å². The van der Waals surface area contributed by atoms with Gasteiger partial charge in [0.15, 0.2) is 0 Å². The highest BCUT2D eigenvalue weighted by molar-refractivity contribution is 5.25. The van der Waals surface area contributed by atoms with E-state index in [0.29, 0.717) is 12.0 Å². The predicted molar refractivity (Wildman–Crippen MR) is 69.5 cm³/mol. The average molecular weight is 247 g/mol. The van der Waals surface area contributed by atoms with Gasteiger partial charge < -0.3 is 10.3 Å². The number of rotatable bonds is 4. The molecule has 0 radical (unpaired) electrons. The molecule has 0 aliphatic rings. The minimum absolute atomic E-state index is 0.248. The van der Waals surface area contributed by atoms with Crippen LogP contribution in [-0.2, 0) is 19.0 Å². The molecule has 0 spiro atoms. The second-order valence-electron chi connectivity index (χ2n) is 4.85. The molecule has 1 atom stereocenters. The van der Waals surface area contributed by atoms with Gasteiger partial charge in [0.2, 0.25) is 0 Å². The van der Waals surface area contributed by atoms with Crippen LogP contribution in [0.15, 0.2) is 36.7 Å². The van der Waals surface area contributed by atoms with E-state index in [1.807, 2.05) is 30.8 Å². The van der Waals surface area contributed by atoms with Crippen molar-refractivity contribution >= 4 is 0 Å². The Morgan fingerprint density at radius 2 is 2.11 bits per heavy atom. The number of nitrogens with zero attached hydrogens (tertiary/aromatic N) is 2. The van der Waals surface area contributed by atoms with Gasteiger partial charge in [-0.2, -0.15) is 0 Å². The maximum atomic E-state index is 13.7. The van der Waals surface area contributed by atoms with Gasteiger partial charge in [-0.25, -0.2) is 9.37 Å². The first-order valence-corrected chi connectivity index (χ1v) is 6.01. The topological polar surface area (TPSA) is 43.8 Å². The fourth-order valence-corrected chi connectivity index (χ4v) is 2.07. The minimum atomic E-state index is -0.683. The molecular formula is C14H18FN3.